The molecule has 0 radical (unpaired) electrons. The number of nitrogens with one attached hydrogen (secondary N) is 1. The van der Waals surface area contributed by atoms with Gasteiger partial charge in [0, 0.05) is 6.42 Å². The van der Waals surface area contributed by atoms with Gasteiger partial charge in [-0.2, -0.15) is 0 Å². The fourth-order valence-corrected chi connectivity index (χ4v) is 10.3. The number of phosphoric ester groups is 1. The van der Waals surface area contributed by atoms with E-state index in [-0.39, 0.29) is 19.1 Å². The smallest absolute Gasteiger partial charge is 0.387 e. The summed E-state index contributed by atoms with van der Waals surface area (Å²) in [6.45, 7) is 4.72. The van der Waals surface area contributed by atoms with Gasteiger partial charge < -0.3 is 19.8 Å². The number of carbonyl (C=O) groups excluding carboxylic acids is 1. The van der Waals surface area contributed by atoms with Crippen LogP contribution in [0.5, 0.6) is 0 Å². The lowest BCUT2D eigenvalue weighted by Gasteiger charge is -2.25. The van der Waals surface area contributed by atoms with E-state index in [1.165, 1.54) is 180 Å². The Hall–Kier alpha value is -2.84. The van der Waals surface area contributed by atoms with Crippen molar-refractivity contribution in [2.45, 2.75) is 302 Å². The Labute approximate surface area is 501 Å². The minimum absolute atomic E-state index is 0.0576. The van der Waals surface area contributed by atoms with Crippen molar-refractivity contribution >= 4 is 13.7 Å². The van der Waals surface area contributed by atoms with Crippen LogP contribution in [0.2, 0.25) is 0 Å². The van der Waals surface area contributed by atoms with Crippen molar-refractivity contribution in [3.8, 4) is 0 Å². The highest BCUT2D eigenvalue weighted by Gasteiger charge is 2.28. The van der Waals surface area contributed by atoms with Gasteiger partial charge in [0.25, 0.3) is 0 Å². The van der Waals surface area contributed by atoms with Crippen LogP contribution in [0.1, 0.15) is 290 Å². The van der Waals surface area contributed by atoms with Gasteiger partial charge in [0.15, 0.2) is 0 Å². The third kappa shape index (κ3) is 64.6. The molecule has 0 aromatic rings. The Kier molecular flexibility index (Phi) is 59.5. The van der Waals surface area contributed by atoms with Gasteiger partial charge in [0.2, 0.25) is 5.91 Å². The van der Waals surface area contributed by atoms with Gasteiger partial charge in [-0.3, -0.25) is 13.8 Å². The first kappa shape index (κ1) is 78.2. The highest BCUT2D eigenvalue weighted by atomic mass is 31.2. The molecule has 9 heteroatoms. The zero-order valence-electron chi connectivity index (χ0n) is 53.5. The predicted molar refractivity (Wildman–Crippen MR) is 355 cm³/mol. The lowest BCUT2D eigenvalue weighted by atomic mass is 10.0. The van der Waals surface area contributed by atoms with Crippen molar-refractivity contribution in [2.75, 3.05) is 40.9 Å². The monoisotopic (exact) mass is 1150 g/mol. The number of hydrogen-bond acceptors (Lipinski definition) is 5. The standard InChI is InChI=1S/C72H129N2O6P/c1-6-8-10-12-14-16-18-20-22-24-26-28-30-31-32-33-34-35-36-37-38-39-40-41-42-43-44-46-48-50-52-54-56-58-60-62-64-66-72(76)73-70(69-80-81(77,78)79-68-67-74(3,4)5)71(75)65-63-61-59-57-55-53-51-49-47-45-29-27-25-23-21-19-17-15-13-11-9-7-2/h8,10,14,16,20,22,26,28,31-32,34-35,37-38,40-41,63,65,70-71,75H,6-7,9,11-13,15,17-19,21,23-25,27,29-30,33,36,39,42-62,64,66-69H2,1-5H3,(H-,73,76,77,78)/p+1/b10-8-,16-14-,22-20-,28-26-,32-31-,35-34-,38-37-,41-40-,65-63+. The van der Waals surface area contributed by atoms with E-state index in [0.717, 1.165) is 89.9 Å². The first-order valence-electron chi connectivity index (χ1n) is 33.8. The molecule has 0 aliphatic rings. The summed E-state index contributed by atoms with van der Waals surface area (Å²) in [6.07, 6.45) is 90.7. The molecule has 0 aliphatic carbocycles. The molecule has 0 aromatic carbocycles. The van der Waals surface area contributed by atoms with Gasteiger partial charge in [-0.15, -0.1) is 0 Å². The number of phosphoric acid groups is 1. The Balaban J connectivity index is 4.11. The Bertz CT molecular complexity index is 1690. The average molecular weight is 1150 g/mol. The van der Waals surface area contributed by atoms with Crippen molar-refractivity contribution in [3.63, 3.8) is 0 Å². The molecule has 81 heavy (non-hydrogen) atoms. The number of carbonyl (C=O) groups is 1. The number of rotatable bonds is 61. The van der Waals surface area contributed by atoms with E-state index in [4.69, 9.17) is 9.05 Å². The second-order valence-corrected chi connectivity index (χ2v) is 25.3. The zero-order chi connectivity index (χ0) is 59.1. The summed E-state index contributed by atoms with van der Waals surface area (Å²) in [4.78, 5) is 23.4. The molecule has 0 saturated heterocycles. The fraction of sp³-hybridized carbons (Fsp3) is 0.736. The van der Waals surface area contributed by atoms with Crippen LogP contribution in [0.4, 0.5) is 0 Å². The van der Waals surface area contributed by atoms with Crippen LogP contribution in [-0.4, -0.2) is 73.4 Å². The van der Waals surface area contributed by atoms with E-state index < -0.39 is 20.0 Å². The molecule has 1 amide bonds. The van der Waals surface area contributed by atoms with Gasteiger partial charge in [-0.25, -0.2) is 4.57 Å². The van der Waals surface area contributed by atoms with Crippen LogP contribution < -0.4 is 5.32 Å². The van der Waals surface area contributed by atoms with Crippen LogP contribution in [0.15, 0.2) is 109 Å². The predicted octanol–water partition coefficient (Wildman–Crippen LogP) is 21.5. The molecule has 0 fully saturated rings. The summed E-state index contributed by atoms with van der Waals surface area (Å²) in [7, 11) is 1.57. The Morgan fingerprint density at radius 1 is 0.432 bits per heavy atom. The number of hydrogen-bond donors (Lipinski definition) is 3. The summed E-state index contributed by atoms with van der Waals surface area (Å²) in [5.41, 5.74) is 0. The second kappa shape index (κ2) is 61.7. The van der Waals surface area contributed by atoms with Crippen molar-refractivity contribution < 1.29 is 32.9 Å². The van der Waals surface area contributed by atoms with E-state index in [0.29, 0.717) is 17.4 Å². The number of amides is 1. The van der Waals surface area contributed by atoms with Crippen LogP contribution in [0.25, 0.3) is 0 Å². The minimum Gasteiger partial charge on any atom is -0.387 e. The Morgan fingerprint density at radius 3 is 1.09 bits per heavy atom. The lowest BCUT2D eigenvalue weighted by molar-refractivity contribution is -0.870. The molecule has 3 N–H and O–H groups in total. The topological polar surface area (TPSA) is 105 Å². The maximum atomic E-state index is 13.0. The normalized spacial score (nSPS) is 14.4. The summed E-state index contributed by atoms with van der Waals surface area (Å²) >= 11 is 0. The molecule has 0 rings (SSSR count). The van der Waals surface area contributed by atoms with Gasteiger partial charge >= 0.3 is 7.82 Å². The molecular weight excluding hydrogens is 1020 g/mol. The summed E-state index contributed by atoms with van der Waals surface area (Å²) in [5.74, 6) is -0.180. The number of likely N-dealkylation sites (N-methyl/N-ethyl adjacent to an activating group) is 1. The molecule has 3 unspecified atom stereocenters. The van der Waals surface area contributed by atoms with E-state index in [1.807, 2.05) is 27.2 Å². The van der Waals surface area contributed by atoms with Crippen molar-refractivity contribution in [1.82, 2.24) is 5.32 Å². The van der Waals surface area contributed by atoms with E-state index in [1.54, 1.807) is 6.08 Å². The molecule has 3 atom stereocenters. The fourth-order valence-electron chi connectivity index (χ4n) is 9.53. The van der Waals surface area contributed by atoms with Crippen LogP contribution in [-0.2, 0) is 18.4 Å². The molecule has 0 heterocycles. The molecule has 0 saturated carbocycles. The number of unbranched alkanes of at least 4 members (excludes halogenated alkanes) is 32. The van der Waals surface area contributed by atoms with E-state index in [9.17, 15) is 19.4 Å². The SMILES string of the molecule is CC/C=C\C/C=C\C/C=C\C/C=C\C/C=C\C/C=C\C/C=C\C/C=C\CCCCCCCCCCCCCCC(=O)NC(COP(=O)(O)OCC[N+](C)(C)C)C(O)/C=C/CCCCCCCCCCCCCCCCCCCCCC. The molecule has 0 spiro atoms. The molecule has 0 aliphatic heterocycles. The van der Waals surface area contributed by atoms with Crippen LogP contribution in [0, 0.1) is 0 Å². The Morgan fingerprint density at radius 2 is 0.741 bits per heavy atom. The number of quaternary nitrogens is 1. The third-order valence-electron chi connectivity index (χ3n) is 14.7. The van der Waals surface area contributed by atoms with Gasteiger partial charge in [-0.1, -0.05) is 309 Å². The maximum absolute atomic E-state index is 13.0. The lowest BCUT2D eigenvalue weighted by Crippen LogP contribution is -2.45. The molecule has 468 valence electrons. The highest BCUT2D eigenvalue weighted by molar-refractivity contribution is 7.47. The number of aliphatic hydroxyl groups excluding tert-OH is 1. The summed E-state index contributed by atoms with van der Waals surface area (Å²) in [6, 6.07) is -0.855. The number of allylic oxidation sites excluding steroid dienone is 17. The zero-order valence-corrected chi connectivity index (χ0v) is 54.4. The van der Waals surface area contributed by atoms with Crippen molar-refractivity contribution in [3.05, 3.63) is 109 Å². The van der Waals surface area contributed by atoms with Crippen LogP contribution >= 0.6 is 7.82 Å². The summed E-state index contributed by atoms with van der Waals surface area (Å²) in [5, 5.41) is 14.0. The number of aliphatic hydroxyl groups is 1. The second-order valence-electron chi connectivity index (χ2n) is 23.8. The molecule has 0 bridgehead atoms. The first-order chi connectivity index (χ1) is 39.5. The molecule has 0 aromatic heterocycles. The minimum atomic E-state index is -4.36. The van der Waals surface area contributed by atoms with E-state index in [2.05, 4.69) is 116 Å². The summed E-state index contributed by atoms with van der Waals surface area (Å²) < 4.78 is 23.8. The third-order valence-corrected chi connectivity index (χ3v) is 15.7. The highest BCUT2D eigenvalue weighted by Crippen LogP contribution is 2.43. The van der Waals surface area contributed by atoms with Gasteiger partial charge in [-0.05, 0) is 83.5 Å². The first-order valence-corrected chi connectivity index (χ1v) is 35.3. The van der Waals surface area contributed by atoms with Crippen molar-refractivity contribution in [2.24, 2.45) is 0 Å². The molecular formula is C72H130N2O6P+. The molecule has 8 nitrogen and oxygen atoms in total. The van der Waals surface area contributed by atoms with Gasteiger partial charge in [0.1, 0.15) is 13.2 Å². The van der Waals surface area contributed by atoms with Crippen LogP contribution in [0.3, 0.4) is 0 Å². The van der Waals surface area contributed by atoms with E-state index >= 15 is 0 Å². The average Bonchev–Trinajstić information content (AvgIpc) is 3.43. The number of nitrogens with zero attached hydrogens (tertiary/aromatic N) is 1. The van der Waals surface area contributed by atoms with Gasteiger partial charge in [0.05, 0.1) is 39.9 Å². The largest absolute Gasteiger partial charge is 0.472 e. The quantitative estimate of drug-likeness (QED) is 0.0243. The maximum Gasteiger partial charge on any atom is 0.472 e. The van der Waals surface area contributed by atoms with Crippen molar-refractivity contribution in [1.29, 1.82) is 0 Å².